The number of hydrazine groups is 2. The van der Waals surface area contributed by atoms with E-state index in [2.05, 4.69) is 41.3 Å². The number of benzene rings is 1. The zero-order valence-corrected chi connectivity index (χ0v) is 7.33. The van der Waals surface area contributed by atoms with Crippen molar-refractivity contribution < 1.29 is 0 Å². The van der Waals surface area contributed by atoms with Gasteiger partial charge in [-0.25, -0.2) is 5.53 Å². The molecule has 2 aliphatic heterocycles. The molecule has 0 radical (unpaired) electrons. The van der Waals surface area contributed by atoms with Crippen molar-refractivity contribution in [2.24, 2.45) is 5.10 Å². The molecule has 1 aromatic rings. The van der Waals surface area contributed by atoms with Crippen LogP contribution >= 0.6 is 0 Å². The monoisotopic (exact) mass is 174 g/mol. The summed E-state index contributed by atoms with van der Waals surface area (Å²) >= 11 is 0. The van der Waals surface area contributed by atoms with Gasteiger partial charge in [-0.05, 0) is 12.5 Å². The fourth-order valence-corrected chi connectivity index (χ4v) is 1.81. The maximum absolute atomic E-state index is 4.15. The van der Waals surface area contributed by atoms with Gasteiger partial charge < -0.3 is 0 Å². The molecule has 0 amide bonds. The molecule has 2 heterocycles. The molecule has 4 heteroatoms. The van der Waals surface area contributed by atoms with Crippen molar-refractivity contribution in [2.75, 3.05) is 0 Å². The van der Waals surface area contributed by atoms with Crippen LogP contribution in [0.4, 0.5) is 0 Å². The Hall–Kier alpha value is -1.55. The van der Waals surface area contributed by atoms with E-state index < -0.39 is 0 Å². The Morgan fingerprint density at radius 3 is 3.31 bits per heavy atom. The first-order chi connectivity index (χ1) is 6.34. The Bertz CT molecular complexity index is 397. The number of amidine groups is 1. The Balaban J connectivity index is 2.17. The highest BCUT2D eigenvalue weighted by atomic mass is 15.8. The standard InChI is InChI=1S/C9H10N4/c1-6-2-3-8-7(4-6)5-13-9(8)10-11-12-13/h2-4,11-12H,5H2,1H3. The van der Waals surface area contributed by atoms with E-state index in [1.54, 1.807) is 0 Å². The molecular weight excluding hydrogens is 164 g/mol. The highest BCUT2D eigenvalue weighted by molar-refractivity contribution is 6.02. The summed E-state index contributed by atoms with van der Waals surface area (Å²) in [4.78, 5) is 0. The lowest BCUT2D eigenvalue weighted by Crippen LogP contribution is -2.36. The van der Waals surface area contributed by atoms with Gasteiger partial charge in [0, 0.05) is 5.56 Å². The fourth-order valence-electron chi connectivity index (χ4n) is 1.81. The zero-order chi connectivity index (χ0) is 8.84. The summed E-state index contributed by atoms with van der Waals surface area (Å²) < 4.78 is 0. The van der Waals surface area contributed by atoms with Gasteiger partial charge in [-0.1, -0.05) is 23.8 Å². The first kappa shape index (κ1) is 6.91. The van der Waals surface area contributed by atoms with Crippen LogP contribution in [0.25, 0.3) is 0 Å². The number of fused-ring (bicyclic) bond motifs is 3. The number of rotatable bonds is 0. The highest BCUT2D eigenvalue weighted by Gasteiger charge is 2.28. The van der Waals surface area contributed by atoms with Crippen molar-refractivity contribution in [3.05, 3.63) is 34.9 Å². The van der Waals surface area contributed by atoms with E-state index in [1.165, 1.54) is 16.7 Å². The van der Waals surface area contributed by atoms with Crippen LogP contribution in [-0.4, -0.2) is 10.8 Å². The largest absolute Gasteiger partial charge is 0.267 e. The second-order valence-corrected chi connectivity index (χ2v) is 3.41. The second-order valence-electron chi connectivity index (χ2n) is 3.41. The summed E-state index contributed by atoms with van der Waals surface area (Å²) in [6.07, 6.45) is 0. The van der Waals surface area contributed by atoms with Crippen molar-refractivity contribution in [3.63, 3.8) is 0 Å². The zero-order valence-electron chi connectivity index (χ0n) is 7.33. The van der Waals surface area contributed by atoms with E-state index in [0.717, 1.165) is 12.4 Å². The average Bonchev–Trinajstić information content (AvgIpc) is 2.62. The molecular formula is C9H10N4. The smallest absolute Gasteiger partial charge is 0.173 e. The van der Waals surface area contributed by atoms with Crippen LogP contribution < -0.4 is 11.1 Å². The first-order valence-electron chi connectivity index (χ1n) is 4.30. The lowest BCUT2D eigenvalue weighted by Gasteiger charge is -2.08. The molecule has 0 spiro atoms. The molecule has 2 aliphatic rings. The minimum atomic E-state index is 0.892. The minimum absolute atomic E-state index is 0.892. The molecule has 2 N–H and O–H groups in total. The topological polar surface area (TPSA) is 39.7 Å². The summed E-state index contributed by atoms with van der Waals surface area (Å²) in [6, 6.07) is 6.44. The lowest BCUT2D eigenvalue weighted by atomic mass is 10.1. The summed E-state index contributed by atoms with van der Waals surface area (Å²) in [6.45, 7) is 3.00. The Morgan fingerprint density at radius 1 is 1.46 bits per heavy atom. The summed E-state index contributed by atoms with van der Waals surface area (Å²) in [5.74, 6) is 0.995. The molecule has 0 fully saturated rings. The molecule has 0 aromatic heterocycles. The maximum Gasteiger partial charge on any atom is 0.173 e. The van der Waals surface area contributed by atoms with Crippen LogP contribution in [0.15, 0.2) is 23.3 Å². The molecule has 4 nitrogen and oxygen atoms in total. The number of nitrogens with one attached hydrogen (secondary N) is 2. The van der Waals surface area contributed by atoms with E-state index >= 15 is 0 Å². The van der Waals surface area contributed by atoms with E-state index in [9.17, 15) is 0 Å². The van der Waals surface area contributed by atoms with Crippen molar-refractivity contribution in [3.8, 4) is 0 Å². The van der Waals surface area contributed by atoms with Crippen molar-refractivity contribution in [2.45, 2.75) is 13.5 Å². The van der Waals surface area contributed by atoms with Gasteiger partial charge >= 0.3 is 0 Å². The van der Waals surface area contributed by atoms with Crippen molar-refractivity contribution in [1.82, 2.24) is 16.1 Å². The van der Waals surface area contributed by atoms with Gasteiger partial charge in [-0.2, -0.15) is 0 Å². The number of hydrogen-bond acceptors (Lipinski definition) is 4. The van der Waals surface area contributed by atoms with Crippen molar-refractivity contribution in [1.29, 1.82) is 0 Å². The van der Waals surface area contributed by atoms with Gasteiger partial charge in [0.05, 0.1) is 6.54 Å². The molecule has 0 saturated carbocycles. The van der Waals surface area contributed by atoms with Crippen molar-refractivity contribution >= 4 is 5.84 Å². The molecule has 0 bridgehead atoms. The minimum Gasteiger partial charge on any atom is -0.267 e. The molecule has 13 heavy (non-hydrogen) atoms. The van der Waals surface area contributed by atoms with Crippen LogP contribution in [0.3, 0.4) is 0 Å². The summed E-state index contributed by atoms with van der Waals surface area (Å²) in [5, 5.41) is 6.15. The molecule has 66 valence electrons. The molecule has 0 aliphatic carbocycles. The van der Waals surface area contributed by atoms with E-state index in [-0.39, 0.29) is 0 Å². The Morgan fingerprint density at radius 2 is 2.38 bits per heavy atom. The summed E-state index contributed by atoms with van der Waals surface area (Å²) in [7, 11) is 0. The number of hydrogen-bond donors (Lipinski definition) is 2. The van der Waals surface area contributed by atoms with Crippen LogP contribution in [-0.2, 0) is 6.54 Å². The van der Waals surface area contributed by atoms with Crippen LogP contribution in [0.1, 0.15) is 16.7 Å². The Kier molecular flexibility index (Phi) is 1.19. The van der Waals surface area contributed by atoms with Gasteiger partial charge in [0.1, 0.15) is 0 Å². The molecule has 1 aromatic carbocycles. The SMILES string of the molecule is Cc1ccc2c(c1)CN1NNN=C21. The third-order valence-electron chi connectivity index (χ3n) is 2.43. The number of hydrazone groups is 1. The van der Waals surface area contributed by atoms with Crippen LogP contribution in [0.2, 0.25) is 0 Å². The van der Waals surface area contributed by atoms with Gasteiger partial charge in [0.2, 0.25) is 0 Å². The van der Waals surface area contributed by atoms with E-state index in [4.69, 9.17) is 0 Å². The summed E-state index contributed by atoms with van der Waals surface area (Å²) in [5.41, 5.74) is 9.57. The highest BCUT2D eigenvalue weighted by Crippen LogP contribution is 2.23. The molecule has 0 atom stereocenters. The van der Waals surface area contributed by atoms with E-state index in [0.29, 0.717) is 0 Å². The number of aryl methyl sites for hydroxylation is 1. The third-order valence-corrected chi connectivity index (χ3v) is 2.43. The quantitative estimate of drug-likeness (QED) is 0.601. The maximum atomic E-state index is 4.15. The fraction of sp³-hybridized carbons (Fsp3) is 0.222. The van der Waals surface area contributed by atoms with E-state index in [1.807, 2.05) is 5.01 Å². The number of nitrogens with zero attached hydrogens (tertiary/aromatic N) is 2. The normalized spacial score (nSPS) is 17.9. The molecule has 3 rings (SSSR count). The lowest BCUT2D eigenvalue weighted by molar-refractivity contribution is 0.297. The predicted molar refractivity (Wildman–Crippen MR) is 49.5 cm³/mol. The van der Waals surface area contributed by atoms with Gasteiger partial charge in [0.15, 0.2) is 5.84 Å². The predicted octanol–water partition coefficient (Wildman–Crippen LogP) is 0.495. The second kappa shape index (κ2) is 2.23. The van der Waals surface area contributed by atoms with Gasteiger partial charge in [-0.15, -0.1) is 10.6 Å². The first-order valence-corrected chi connectivity index (χ1v) is 4.30. The third kappa shape index (κ3) is 0.860. The van der Waals surface area contributed by atoms with Crippen LogP contribution in [0, 0.1) is 6.92 Å². The van der Waals surface area contributed by atoms with Gasteiger partial charge in [-0.3, -0.25) is 5.01 Å². The van der Waals surface area contributed by atoms with Crippen LogP contribution in [0.5, 0.6) is 0 Å². The molecule has 0 unspecified atom stereocenters. The Labute approximate surface area is 76.2 Å². The van der Waals surface area contributed by atoms with Gasteiger partial charge in [0.25, 0.3) is 0 Å². The molecule has 0 saturated heterocycles. The average molecular weight is 174 g/mol.